The molecular weight excluding hydrogens is 566 g/mol. The van der Waals surface area contributed by atoms with Gasteiger partial charge in [-0.05, 0) is 77.0 Å². The van der Waals surface area contributed by atoms with Gasteiger partial charge in [-0.2, -0.15) is 17.6 Å². The van der Waals surface area contributed by atoms with Gasteiger partial charge in [-0.15, -0.1) is 13.2 Å². The van der Waals surface area contributed by atoms with E-state index >= 15 is 0 Å². The summed E-state index contributed by atoms with van der Waals surface area (Å²) in [5, 5.41) is 0. The van der Waals surface area contributed by atoms with E-state index in [1.165, 1.54) is 17.0 Å². The van der Waals surface area contributed by atoms with Crippen molar-refractivity contribution in [3.8, 4) is 0 Å². The van der Waals surface area contributed by atoms with Gasteiger partial charge in [0, 0.05) is 29.0 Å². The minimum atomic E-state index is -2.91. The molecule has 0 nitrogen and oxygen atoms in total. The predicted octanol–water partition coefficient (Wildman–Crippen LogP) is 8.99. The Bertz CT molecular complexity index is 354. The van der Waals surface area contributed by atoms with Crippen molar-refractivity contribution in [1.29, 1.82) is 0 Å². The molecule has 0 N–H and O–H groups in total. The quantitative estimate of drug-likeness (QED) is 0.171. The van der Waals surface area contributed by atoms with Crippen LogP contribution in [0.15, 0.2) is 25.3 Å². The molecule has 0 aromatic heterocycles. The number of rotatable bonds is 3. The van der Waals surface area contributed by atoms with Crippen LogP contribution in [-0.2, 0) is 21.1 Å². The third-order valence-electron chi connectivity index (χ3n) is 6.37. The van der Waals surface area contributed by atoms with Crippen LogP contribution in [0.4, 0.5) is 17.6 Å². The Morgan fingerprint density at radius 1 is 0.500 bits per heavy atom. The maximum absolute atomic E-state index is 10.3. The summed E-state index contributed by atoms with van der Waals surface area (Å²) in [6.07, 6.45) is 18.0. The molecule has 6 heteroatoms. The van der Waals surface area contributed by atoms with Gasteiger partial charge in [-0.25, -0.2) is 0 Å². The van der Waals surface area contributed by atoms with E-state index in [4.69, 9.17) is 0 Å². The van der Waals surface area contributed by atoms with Crippen LogP contribution in [-0.4, -0.2) is 17.0 Å². The molecule has 0 bridgehead atoms. The smallest absolute Gasteiger partial charge is 0.167 e. The first-order valence-corrected chi connectivity index (χ1v) is 12.6. The molecule has 3 aliphatic carbocycles. The van der Waals surface area contributed by atoms with Gasteiger partial charge in [-0.3, -0.25) is 0 Å². The Hall–Kier alpha value is 0.318. The van der Waals surface area contributed by atoms with E-state index in [0.29, 0.717) is 0 Å². The van der Waals surface area contributed by atoms with Gasteiger partial charge in [0.25, 0.3) is 0 Å². The van der Waals surface area contributed by atoms with Gasteiger partial charge in [0.1, 0.15) is 0 Å². The number of hydrogen-bond donors (Lipinski definition) is 0. The van der Waals surface area contributed by atoms with Gasteiger partial charge < -0.3 is 0 Å². The molecule has 0 aromatic carbocycles. The minimum absolute atomic E-state index is 0. The molecule has 3 fully saturated rings. The molecule has 3 saturated carbocycles. The zero-order chi connectivity index (χ0) is 20.1. The average Bonchev–Trinajstić information content (AvgIpc) is 2.72. The number of hydrogen-bond acceptors (Lipinski definition) is 0. The first kappa shape index (κ1) is 28.3. The standard InChI is InChI=1S/C18H33P.C2F4.C2H4.Pt/c1-4-10-16(11-5-1)19(17-12-6-2-7-13-17)18-14-8-3-9-15-18;3-1(4)2(5)6;1-2;/h16-18H,1-15H2;;1-2H2;/p+1. The van der Waals surface area contributed by atoms with E-state index in [2.05, 4.69) is 13.2 Å². The molecule has 0 amide bonds. The molecule has 0 saturated heterocycles. The maximum Gasteiger partial charge on any atom is 0.334 e. The molecule has 0 aliphatic heterocycles. The van der Waals surface area contributed by atoms with Gasteiger partial charge in [0.15, 0.2) is 0 Å². The van der Waals surface area contributed by atoms with Gasteiger partial charge in [0.2, 0.25) is 0 Å². The van der Waals surface area contributed by atoms with Gasteiger partial charge in [0.05, 0.1) is 17.0 Å². The molecule has 0 unspecified atom stereocenters. The molecular formula is C22H38F4PPt+. The van der Waals surface area contributed by atoms with Crippen LogP contribution >= 0.6 is 7.92 Å². The van der Waals surface area contributed by atoms with E-state index in [-0.39, 0.29) is 29.0 Å². The summed E-state index contributed by atoms with van der Waals surface area (Å²) in [6.45, 7) is 6.00. The molecule has 3 aliphatic rings. The van der Waals surface area contributed by atoms with Crippen LogP contribution in [0.1, 0.15) is 96.3 Å². The fraction of sp³-hybridized carbons (Fsp3) is 0.818. The molecule has 3 rings (SSSR count). The third kappa shape index (κ3) is 10.4. The van der Waals surface area contributed by atoms with Crippen molar-refractivity contribution in [3.63, 3.8) is 0 Å². The van der Waals surface area contributed by atoms with Crippen LogP contribution < -0.4 is 0 Å². The van der Waals surface area contributed by atoms with Gasteiger partial charge in [-0.1, -0.05) is 19.3 Å². The van der Waals surface area contributed by atoms with E-state index < -0.39 is 12.2 Å². The summed E-state index contributed by atoms with van der Waals surface area (Å²) < 4.78 is 41.1. The Balaban J connectivity index is 0.000000702. The summed E-state index contributed by atoms with van der Waals surface area (Å²) >= 11 is 0. The largest absolute Gasteiger partial charge is 0.334 e. The van der Waals surface area contributed by atoms with Crippen molar-refractivity contribution in [2.24, 2.45) is 0 Å². The van der Waals surface area contributed by atoms with E-state index in [1.54, 1.807) is 96.3 Å². The zero-order valence-electron chi connectivity index (χ0n) is 17.1. The summed E-state index contributed by atoms with van der Waals surface area (Å²) in [4.78, 5) is 0. The van der Waals surface area contributed by atoms with Crippen LogP contribution in [0.5, 0.6) is 0 Å². The normalized spacial score (nSPS) is 21.5. The topological polar surface area (TPSA) is 0 Å². The second-order valence-corrected chi connectivity index (χ2v) is 11.5. The summed E-state index contributed by atoms with van der Waals surface area (Å²) in [5.41, 5.74) is 3.68. The molecule has 0 heterocycles. The fourth-order valence-corrected chi connectivity index (χ4v) is 10.5. The average molecular weight is 605 g/mol. The van der Waals surface area contributed by atoms with Crippen LogP contribution in [0, 0.1) is 0 Å². The SMILES string of the molecule is C1CCC([PH+](C2CCCCC2)C2CCCCC2)CC1.C=C.FC(F)=C(F)F.[Pt]. The molecule has 168 valence electrons. The minimum Gasteiger partial charge on any atom is -0.167 e. The molecule has 0 radical (unpaired) electrons. The fourth-order valence-electron chi connectivity index (χ4n) is 5.31. The van der Waals surface area contributed by atoms with E-state index in [0.717, 1.165) is 0 Å². The molecule has 0 aromatic rings. The number of halogens is 4. The molecule has 28 heavy (non-hydrogen) atoms. The molecule has 0 atom stereocenters. The first-order chi connectivity index (χ1) is 13.1. The Morgan fingerprint density at radius 3 is 0.893 bits per heavy atom. The summed E-state index contributed by atoms with van der Waals surface area (Å²) in [7, 11) is -0.0465. The van der Waals surface area contributed by atoms with Gasteiger partial charge >= 0.3 is 12.2 Å². The van der Waals surface area contributed by atoms with Crippen LogP contribution in [0.25, 0.3) is 0 Å². The zero-order valence-corrected chi connectivity index (χ0v) is 20.4. The van der Waals surface area contributed by atoms with Crippen molar-refractivity contribution >= 4 is 7.92 Å². The van der Waals surface area contributed by atoms with Crippen molar-refractivity contribution < 1.29 is 38.6 Å². The van der Waals surface area contributed by atoms with Crippen molar-refractivity contribution in [2.75, 3.05) is 0 Å². The summed E-state index contributed by atoms with van der Waals surface area (Å²) in [5.74, 6) is 0. The second-order valence-electron chi connectivity index (χ2n) is 8.03. The monoisotopic (exact) mass is 604 g/mol. The van der Waals surface area contributed by atoms with Crippen molar-refractivity contribution in [2.45, 2.75) is 113 Å². The van der Waals surface area contributed by atoms with E-state index in [9.17, 15) is 17.6 Å². The van der Waals surface area contributed by atoms with Crippen molar-refractivity contribution in [1.82, 2.24) is 0 Å². The Morgan fingerprint density at radius 2 is 0.714 bits per heavy atom. The summed E-state index contributed by atoms with van der Waals surface area (Å²) in [6, 6.07) is 0. The van der Waals surface area contributed by atoms with Crippen LogP contribution in [0.3, 0.4) is 0 Å². The van der Waals surface area contributed by atoms with E-state index in [1.807, 2.05) is 0 Å². The molecule has 0 spiro atoms. The van der Waals surface area contributed by atoms with Crippen LogP contribution in [0.2, 0.25) is 0 Å². The second kappa shape index (κ2) is 17.0. The third-order valence-corrected chi connectivity index (χ3v) is 10.9. The van der Waals surface area contributed by atoms with Crippen molar-refractivity contribution in [3.05, 3.63) is 25.3 Å². The predicted molar refractivity (Wildman–Crippen MR) is 112 cm³/mol. The Kier molecular flexibility index (Phi) is 17.2. The maximum atomic E-state index is 10.3. The first-order valence-electron chi connectivity index (χ1n) is 10.8. The Labute approximate surface area is 185 Å².